The predicted octanol–water partition coefficient (Wildman–Crippen LogP) is 5.58. The summed E-state index contributed by atoms with van der Waals surface area (Å²) in [5.41, 5.74) is 2.65. The fraction of sp³-hybridized carbons (Fsp3) is 0.387. The molecule has 0 unspecified atom stereocenters. The van der Waals surface area contributed by atoms with E-state index in [1.54, 1.807) is 41.5 Å². The number of hydrogen-bond donors (Lipinski definition) is 1. The minimum atomic E-state index is -0.488. The largest absolute Gasteiger partial charge is 0.494 e. The average molecular weight is 592 g/mol. The summed E-state index contributed by atoms with van der Waals surface area (Å²) in [6.45, 7) is 2.56. The molecule has 1 N–H and O–H groups in total. The number of nitrogens with one attached hydrogen (secondary N) is 1. The van der Waals surface area contributed by atoms with Crippen molar-refractivity contribution in [1.82, 2.24) is 25.1 Å². The van der Waals surface area contributed by atoms with Crippen LogP contribution in [0.2, 0.25) is 5.02 Å². The highest BCUT2D eigenvalue weighted by atomic mass is 35.5. The molecule has 42 heavy (non-hydrogen) atoms. The molecular formula is C31H31ClFN5O4. The number of amides is 1. The fourth-order valence-corrected chi connectivity index (χ4v) is 6.73. The normalized spacial score (nSPS) is 21.0. The molecule has 2 aliphatic carbocycles. The summed E-state index contributed by atoms with van der Waals surface area (Å²) < 4.78 is 25.9. The Labute approximate surface area is 247 Å². The molecule has 0 atom stereocenters. The molecule has 0 aliphatic heterocycles. The Balaban J connectivity index is 1.13. The molecule has 0 radical (unpaired) electrons. The molecule has 0 saturated heterocycles. The molecule has 6 rings (SSSR count). The van der Waals surface area contributed by atoms with Gasteiger partial charge in [0.05, 0.1) is 37.5 Å². The molecule has 218 valence electrons. The van der Waals surface area contributed by atoms with Gasteiger partial charge in [-0.1, -0.05) is 11.6 Å². The molecule has 9 nitrogen and oxygen atoms in total. The van der Waals surface area contributed by atoms with Gasteiger partial charge in [-0.2, -0.15) is 5.10 Å². The number of hydrogen-bond acceptors (Lipinski definition) is 7. The zero-order valence-corrected chi connectivity index (χ0v) is 24.2. The van der Waals surface area contributed by atoms with Crippen LogP contribution in [0.25, 0.3) is 22.3 Å². The molecule has 2 fully saturated rings. The smallest absolute Gasteiger partial charge is 0.306 e. The number of methoxy groups -OCH3 is 1. The summed E-state index contributed by atoms with van der Waals surface area (Å²) in [6, 6.07) is 8.10. The Kier molecular flexibility index (Phi) is 7.57. The number of ether oxygens (including phenoxy) is 2. The summed E-state index contributed by atoms with van der Waals surface area (Å²) in [5.74, 6) is 0.101. The van der Waals surface area contributed by atoms with Gasteiger partial charge in [-0.25, -0.2) is 14.4 Å². The number of esters is 1. The first-order chi connectivity index (χ1) is 20.3. The maximum atomic E-state index is 14.1. The third-order valence-electron chi connectivity index (χ3n) is 8.29. The van der Waals surface area contributed by atoms with Crippen molar-refractivity contribution in [3.63, 3.8) is 0 Å². The standard InChI is InChI=1S/C31H31ClFN5O4/c1-3-42-27(39)6-18-10-31(11-18)12-23(13-31)37-30(40)24-9-22(32)7-21-16-36-38(28(21)24)17-19-14-34-29(35-15-19)20-4-5-26(41-2)25(33)8-20/h4-5,7-9,14-16,18,23H,3,6,10-13,17H2,1-2H3,(H,37,40). The van der Waals surface area contributed by atoms with E-state index in [-0.39, 0.29) is 29.1 Å². The van der Waals surface area contributed by atoms with Gasteiger partial charge in [0.1, 0.15) is 0 Å². The van der Waals surface area contributed by atoms with Crippen LogP contribution in [0.3, 0.4) is 0 Å². The number of nitrogens with zero attached hydrogens (tertiary/aromatic N) is 4. The molecule has 2 saturated carbocycles. The maximum Gasteiger partial charge on any atom is 0.306 e. The van der Waals surface area contributed by atoms with E-state index < -0.39 is 5.82 Å². The third kappa shape index (κ3) is 5.55. The second kappa shape index (κ2) is 11.3. The van der Waals surface area contributed by atoms with Crippen molar-refractivity contribution < 1.29 is 23.5 Å². The molecule has 1 spiro atoms. The van der Waals surface area contributed by atoms with Crippen LogP contribution in [0.4, 0.5) is 4.39 Å². The van der Waals surface area contributed by atoms with Gasteiger partial charge in [-0.3, -0.25) is 14.3 Å². The van der Waals surface area contributed by atoms with E-state index in [0.29, 0.717) is 53.0 Å². The van der Waals surface area contributed by atoms with Gasteiger partial charge in [0.15, 0.2) is 17.4 Å². The minimum Gasteiger partial charge on any atom is -0.494 e. The van der Waals surface area contributed by atoms with E-state index in [4.69, 9.17) is 21.1 Å². The van der Waals surface area contributed by atoms with Crippen LogP contribution in [0.15, 0.2) is 48.9 Å². The Morgan fingerprint density at radius 2 is 1.88 bits per heavy atom. The van der Waals surface area contributed by atoms with E-state index >= 15 is 0 Å². The van der Waals surface area contributed by atoms with Gasteiger partial charge < -0.3 is 14.8 Å². The van der Waals surface area contributed by atoms with Gasteiger partial charge in [-0.05, 0) is 74.3 Å². The van der Waals surface area contributed by atoms with Crippen LogP contribution in [0.1, 0.15) is 54.9 Å². The van der Waals surface area contributed by atoms with Crippen LogP contribution in [-0.2, 0) is 16.1 Å². The zero-order valence-electron chi connectivity index (χ0n) is 23.4. The van der Waals surface area contributed by atoms with Crippen LogP contribution in [0, 0.1) is 17.2 Å². The number of rotatable bonds is 9. The molecule has 2 aliphatic rings. The number of carbonyl (C=O) groups excluding carboxylic acids is 2. The van der Waals surface area contributed by atoms with E-state index in [9.17, 15) is 14.0 Å². The number of halogens is 2. The van der Waals surface area contributed by atoms with Crippen molar-refractivity contribution in [2.75, 3.05) is 13.7 Å². The number of aromatic nitrogens is 4. The number of fused-ring (bicyclic) bond motifs is 1. The second-order valence-electron chi connectivity index (χ2n) is 11.3. The maximum absolute atomic E-state index is 14.1. The van der Waals surface area contributed by atoms with Crippen LogP contribution >= 0.6 is 11.6 Å². The lowest BCUT2D eigenvalue weighted by Gasteiger charge is -2.57. The quantitative estimate of drug-likeness (QED) is 0.253. The van der Waals surface area contributed by atoms with Crippen molar-refractivity contribution in [3.05, 3.63) is 70.9 Å². The fourth-order valence-electron chi connectivity index (χ4n) is 6.50. The lowest BCUT2D eigenvalue weighted by Crippen LogP contribution is -2.56. The average Bonchev–Trinajstić information content (AvgIpc) is 3.32. The Hall–Kier alpha value is -4.05. The van der Waals surface area contributed by atoms with Crippen molar-refractivity contribution in [2.45, 2.75) is 51.6 Å². The molecule has 2 aromatic carbocycles. The summed E-state index contributed by atoms with van der Waals surface area (Å²) in [6.07, 6.45) is 9.30. The van der Waals surface area contributed by atoms with E-state index in [1.165, 1.54) is 19.2 Å². The third-order valence-corrected chi connectivity index (χ3v) is 8.51. The minimum absolute atomic E-state index is 0.0789. The van der Waals surface area contributed by atoms with E-state index in [2.05, 4.69) is 20.4 Å². The van der Waals surface area contributed by atoms with Crippen molar-refractivity contribution in [2.24, 2.45) is 11.3 Å². The summed E-state index contributed by atoms with van der Waals surface area (Å²) in [7, 11) is 1.41. The van der Waals surface area contributed by atoms with E-state index in [0.717, 1.165) is 36.6 Å². The topological polar surface area (TPSA) is 108 Å². The van der Waals surface area contributed by atoms with Crippen LogP contribution < -0.4 is 10.1 Å². The number of carbonyl (C=O) groups is 2. The first kappa shape index (κ1) is 28.1. The van der Waals surface area contributed by atoms with Gasteiger partial charge in [0, 0.05) is 46.4 Å². The van der Waals surface area contributed by atoms with Gasteiger partial charge in [-0.15, -0.1) is 0 Å². The Bertz CT molecular complexity index is 1640. The molecule has 11 heteroatoms. The molecule has 0 bridgehead atoms. The molecular weight excluding hydrogens is 561 g/mol. The zero-order chi connectivity index (χ0) is 29.4. The highest BCUT2D eigenvalue weighted by molar-refractivity contribution is 6.32. The number of benzene rings is 2. The first-order valence-corrected chi connectivity index (χ1v) is 14.4. The van der Waals surface area contributed by atoms with E-state index in [1.807, 2.05) is 6.92 Å². The molecule has 2 aromatic heterocycles. The van der Waals surface area contributed by atoms with Crippen molar-refractivity contribution in [3.8, 4) is 17.1 Å². The van der Waals surface area contributed by atoms with Crippen LogP contribution in [0.5, 0.6) is 5.75 Å². The summed E-state index contributed by atoms with van der Waals surface area (Å²) in [4.78, 5) is 34.0. The summed E-state index contributed by atoms with van der Waals surface area (Å²) >= 11 is 6.38. The van der Waals surface area contributed by atoms with Crippen molar-refractivity contribution in [1.29, 1.82) is 0 Å². The summed E-state index contributed by atoms with van der Waals surface area (Å²) in [5, 5.41) is 8.90. The second-order valence-corrected chi connectivity index (χ2v) is 11.8. The Morgan fingerprint density at radius 3 is 2.57 bits per heavy atom. The van der Waals surface area contributed by atoms with Crippen LogP contribution in [-0.4, -0.2) is 51.4 Å². The Morgan fingerprint density at radius 1 is 1.12 bits per heavy atom. The highest BCUT2D eigenvalue weighted by Gasteiger charge is 2.53. The highest BCUT2D eigenvalue weighted by Crippen LogP contribution is 2.59. The van der Waals surface area contributed by atoms with Gasteiger partial charge in [0.2, 0.25) is 0 Å². The lowest BCUT2D eigenvalue weighted by atomic mass is 9.49. The molecule has 1 amide bonds. The lowest BCUT2D eigenvalue weighted by molar-refractivity contribution is -0.148. The monoisotopic (exact) mass is 591 g/mol. The van der Waals surface area contributed by atoms with Gasteiger partial charge in [0.25, 0.3) is 5.91 Å². The van der Waals surface area contributed by atoms with Gasteiger partial charge >= 0.3 is 5.97 Å². The molecule has 4 aromatic rings. The van der Waals surface area contributed by atoms with Crippen molar-refractivity contribution >= 4 is 34.4 Å². The SMILES string of the molecule is CCOC(=O)CC1CC2(C1)CC(NC(=O)c1cc(Cl)cc3cnn(Cc4cnc(-c5ccc(OC)c(F)c5)nc4)c13)C2. The first-order valence-electron chi connectivity index (χ1n) is 14.0. The molecule has 2 heterocycles. The predicted molar refractivity (Wildman–Crippen MR) is 155 cm³/mol.